The summed E-state index contributed by atoms with van der Waals surface area (Å²) in [7, 11) is 7.59. The molecule has 2 aromatic rings. The average Bonchev–Trinajstić information content (AvgIpc) is 2.97. The molecule has 2 aromatic carbocycles. The number of carbonyl (C=O) groups excluding carboxylic acids is 1. The zero-order chi connectivity index (χ0) is 29.4. The summed E-state index contributed by atoms with van der Waals surface area (Å²) in [6.45, 7) is 9.46. The van der Waals surface area contributed by atoms with Crippen LogP contribution in [0, 0.1) is 5.92 Å². The van der Waals surface area contributed by atoms with E-state index in [0.29, 0.717) is 25.4 Å². The minimum atomic E-state index is -0.160. The fourth-order valence-electron chi connectivity index (χ4n) is 5.09. The summed E-state index contributed by atoms with van der Waals surface area (Å²) in [4.78, 5) is 15.0. The summed E-state index contributed by atoms with van der Waals surface area (Å²) < 4.78 is 15.7. The molecule has 40 heavy (non-hydrogen) atoms. The Labute approximate surface area is 242 Å². The van der Waals surface area contributed by atoms with E-state index in [1.807, 2.05) is 18.2 Å². The van der Waals surface area contributed by atoms with Crippen LogP contribution in [0.25, 0.3) is 0 Å². The number of likely N-dealkylation sites (N-methyl/N-ethyl adjacent to an activating group) is 1. The molecule has 0 bridgehead atoms. The molecule has 0 aromatic heterocycles. The second-order valence-corrected chi connectivity index (χ2v) is 11.3. The SMILES string of the molecule is CN1CCC(c2ccccc2)(c2cc(CCOCCC=O)ccc2O)CC1.COC(CN(C)CCC(C)C)OC. The number of methoxy groups -OCH3 is 2. The predicted molar refractivity (Wildman–Crippen MR) is 162 cm³/mol. The van der Waals surface area contributed by atoms with Gasteiger partial charge in [-0.05, 0) is 82.5 Å². The molecular weight excluding hydrogens is 504 g/mol. The zero-order valence-electron chi connectivity index (χ0n) is 25.6. The van der Waals surface area contributed by atoms with E-state index in [2.05, 4.69) is 68.1 Å². The van der Waals surface area contributed by atoms with Gasteiger partial charge in [0.15, 0.2) is 6.29 Å². The van der Waals surface area contributed by atoms with Gasteiger partial charge in [0.05, 0.1) is 13.2 Å². The topological polar surface area (TPSA) is 71.5 Å². The van der Waals surface area contributed by atoms with Crippen LogP contribution < -0.4 is 0 Å². The molecule has 1 fully saturated rings. The summed E-state index contributed by atoms with van der Waals surface area (Å²) >= 11 is 0. The summed E-state index contributed by atoms with van der Waals surface area (Å²) in [6.07, 6.45) is 5.18. The molecule has 7 nitrogen and oxygen atoms in total. The van der Waals surface area contributed by atoms with Gasteiger partial charge >= 0.3 is 0 Å². The second kappa shape index (κ2) is 18.2. The van der Waals surface area contributed by atoms with E-state index in [9.17, 15) is 9.90 Å². The van der Waals surface area contributed by atoms with Crippen molar-refractivity contribution in [2.45, 2.75) is 57.7 Å². The van der Waals surface area contributed by atoms with Crippen LogP contribution >= 0.6 is 0 Å². The Hall–Kier alpha value is -2.29. The van der Waals surface area contributed by atoms with Gasteiger partial charge in [-0.25, -0.2) is 0 Å². The fraction of sp³-hybridized carbons (Fsp3) is 0.606. The number of hydrogen-bond acceptors (Lipinski definition) is 7. The van der Waals surface area contributed by atoms with Crippen LogP contribution in [-0.4, -0.2) is 95.2 Å². The van der Waals surface area contributed by atoms with Crippen molar-refractivity contribution in [1.82, 2.24) is 9.80 Å². The summed E-state index contributed by atoms with van der Waals surface area (Å²) in [6, 6.07) is 16.5. The van der Waals surface area contributed by atoms with Gasteiger partial charge < -0.3 is 33.9 Å². The molecular formula is C33H52N2O5. The highest BCUT2D eigenvalue weighted by Crippen LogP contribution is 2.45. The van der Waals surface area contributed by atoms with E-state index in [1.54, 1.807) is 14.2 Å². The van der Waals surface area contributed by atoms with E-state index in [-0.39, 0.29) is 11.7 Å². The van der Waals surface area contributed by atoms with Gasteiger partial charge in [0.2, 0.25) is 0 Å². The Balaban J connectivity index is 0.000000366. The quantitative estimate of drug-likeness (QED) is 0.185. The standard InChI is InChI=1S/C23H29NO3.C10H23NO2/c1-24-13-11-23(12-14-24,20-6-3-2-4-7-20)21-18-19(8-9-22(21)26)10-17-27-16-5-15-25;1-9(2)6-7-11(3)8-10(12-4)13-5/h2-4,6-9,15,18,26H,5,10-14,16-17H2,1H3;9-10H,6-8H2,1-5H3. The van der Waals surface area contributed by atoms with E-state index in [0.717, 1.165) is 68.8 Å². The molecule has 7 heteroatoms. The lowest BCUT2D eigenvalue weighted by Crippen LogP contribution is -2.41. The smallest absolute Gasteiger partial charge is 0.169 e. The second-order valence-electron chi connectivity index (χ2n) is 11.3. The van der Waals surface area contributed by atoms with E-state index in [4.69, 9.17) is 14.2 Å². The number of carbonyl (C=O) groups is 1. The van der Waals surface area contributed by atoms with Crippen molar-refractivity contribution in [3.05, 3.63) is 65.2 Å². The summed E-state index contributed by atoms with van der Waals surface area (Å²) in [5.41, 5.74) is 3.29. The van der Waals surface area contributed by atoms with E-state index in [1.165, 1.54) is 12.0 Å². The number of aromatic hydroxyl groups is 1. The fourth-order valence-corrected chi connectivity index (χ4v) is 5.09. The van der Waals surface area contributed by atoms with Crippen LogP contribution in [0.3, 0.4) is 0 Å². The lowest BCUT2D eigenvalue weighted by molar-refractivity contribution is -0.113. The maximum Gasteiger partial charge on any atom is 0.169 e. The lowest BCUT2D eigenvalue weighted by atomic mass is 9.67. The van der Waals surface area contributed by atoms with Crippen molar-refractivity contribution >= 4 is 6.29 Å². The van der Waals surface area contributed by atoms with Crippen molar-refractivity contribution < 1.29 is 24.1 Å². The Morgan fingerprint density at radius 3 is 2.33 bits per heavy atom. The molecule has 0 atom stereocenters. The first kappa shape index (κ1) is 33.9. The summed E-state index contributed by atoms with van der Waals surface area (Å²) in [5.74, 6) is 1.13. The average molecular weight is 557 g/mol. The number of phenolic OH excluding ortho intramolecular Hbond substituents is 1. The minimum absolute atomic E-state index is 0.0998. The number of hydrogen-bond donors (Lipinski definition) is 1. The third-order valence-corrected chi connectivity index (χ3v) is 7.73. The Morgan fingerprint density at radius 1 is 1.05 bits per heavy atom. The number of ether oxygens (including phenoxy) is 3. The molecule has 1 N–H and O–H groups in total. The molecule has 1 aliphatic rings. The molecule has 3 rings (SSSR count). The van der Waals surface area contributed by atoms with Gasteiger partial charge in [-0.2, -0.15) is 0 Å². The normalized spacial score (nSPS) is 15.3. The molecule has 0 amide bonds. The number of piperidine rings is 1. The van der Waals surface area contributed by atoms with Gasteiger partial charge in [0.25, 0.3) is 0 Å². The van der Waals surface area contributed by atoms with Gasteiger partial charge in [0.1, 0.15) is 12.0 Å². The maximum atomic E-state index is 10.7. The first-order valence-corrected chi connectivity index (χ1v) is 14.6. The minimum Gasteiger partial charge on any atom is -0.508 e. The van der Waals surface area contributed by atoms with Gasteiger partial charge in [-0.3, -0.25) is 0 Å². The molecule has 1 saturated heterocycles. The van der Waals surface area contributed by atoms with Crippen molar-refractivity contribution in [3.8, 4) is 5.75 Å². The predicted octanol–water partition coefficient (Wildman–Crippen LogP) is 5.14. The molecule has 0 spiro atoms. The zero-order valence-corrected chi connectivity index (χ0v) is 25.6. The first-order valence-electron chi connectivity index (χ1n) is 14.6. The highest BCUT2D eigenvalue weighted by molar-refractivity contribution is 5.49. The van der Waals surface area contributed by atoms with Crippen molar-refractivity contribution in [3.63, 3.8) is 0 Å². The number of benzene rings is 2. The Bertz CT molecular complexity index is 957. The third-order valence-electron chi connectivity index (χ3n) is 7.73. The van der Waals surface area contributed by atoms with Gasteiger partial charge in [0, 0.05) is 38.2 Å². The van der Waals surface area contributed by atoms with Crippen molar-refractivity contribution in [2.75, 3.05) is 67.7 Å². The van der Waals surface area contributed by atoms with Crippen LogP contribution in [-0.2, 0) is 30.8 Å². The van der Waals surface area contributed by atoms with Crippen LogP contribution in [0.2, 0.25) is 0 Å². The molecule has 0 aliphatic carbocycles. The largest absolute Gasteiger partial charge is 0.508 e. The molecule has 0 saturated carbocycles. The maximum absolute atomic E-state index is 10.7. The van der Waals surface area contributed by atoms with Crippen LogP contribution in [0.4, 0.5) is 0 Å². The Kier molecular flexibility index (Phi) is 15.4. The number of aldehydes is 1. The van der Waals surface area contributed by atoms with Crippen LogP contribution in [0.1, 0.15) is 56.2 Å². The Morgan fingerprint density at radius 2 is 1.73 bits per heavy atom. The number of rotatable bonds is 15. The molecule has 1 heterocycles. The molecule has 0 radical (unpaired) electrons. The van der Waals surface area contributed by atoms with Gasteiger partial charge in [-0.1, -0.05) is 56.3 Å². The van der Waals surface area contributed by atoms with E-state index < -0.39 is 0 Å². The highest BCUT2D eigenvalue weighted by atomic mass is 16.7. The lowest BCUT2D eigenvalue weighted by Gasteiger charge is -2.42. The molecule has 224 valence electrons. The molecule has 0 unspecified atom stereocenters. The third kappa shape index (κ3) is 10.9. The van der Waals surface area contributed by atoms with Crippen LogP contribution in [0.15, 0.2) is 48.5 Å². The number of phenols is 1. The number of likely N-dealkylation sites (tertiary alicyclic amines) is 1. The van der Waals surface area contributed by atoms with Crippen molar-refractivity contribution in [1.29, 1.82) is 0 Å². The first-order chi connectivity index (χ1) is 19.2. The molecule has 1 aliphatic heterocycles. The monoisotopic (exact) mass is 556 g/mol. The van der Waals surface area contributed by atoms with Crippen molar-refractivity contribution in [2.24, 2.45) is 5.92 Å². The highest BCUT2D eigenvalue weighted by Gasteiger charge is 2.39. The summed E-state index contributed by atoms with van der Waals surface area (Å²) in [5, 5.41) is 10.7. The van der Waals surface area contributed by atoms with E-state index >= 15 is 0 Å². The van der Waals surface area contributed by atoms with Crippen LogP contribution in [0.5, 0.6) is 5.75 Å². The van der Waals surface area contributed by atoms with Gasteiger partial charge in [-0.15, -0.1) is 0 Å². The number of nitrogens with zero attached hydrogens (tertiary/aromatic N) is 2.